The Hall–Kier alpha value is -0.820. The summed E-state index contributed by atoms with van der Waals surface area (Å²) in [6.45, 7) is 2.19. The van der Waals surface area contributed by atoms with Crippen LogP contribution in [0.4, 0.5) is 0 Å². The minimum atomic E-state index is -0.237. The van der Waals surface area contributed by atoms with Gasteiger partial charge in [-0.05, 0) is 36.3 Å². The largest absolute Gasteiger partial charge is 0.388 e. The maximum Gasteiger partial charge on any atom is 0.0818 e. The van der Waals surface area contributed by atoms with Gasteiger partial charge in [-0.1, -0.05) is 50.5 Å². The molecule has 1 nitrogen and oxygen atoms in total. The molecule has 1 atom stereocenters. The van der Waals surface area contributed by atoms with E-state index in [1.165, 1.54) is 37.7 Å². The molecule has 2 rings (SSSR count). The highest BCUT2D eigenvalue weighted by molar-refractivity contribution is 5.25. The maximum absolute atomic E-state index is 10.3. The third-order valence-corrected chi connectivity index (χ3v) is 3.68. The van der Waals surface area contributed by atoms with Gasteiger partial charge in [0.25, 0.3) is 0 Å². The quantitative estimate of drug-likeness (QED) is 0.813. The van der Waals surface area contributed by atoms with E-state index in [1.807, 2.05) is 0 Å². The van der Waals surface area contributed by atoms with Crippen LogP contribution >= 0.6 is 0 Å². The molecule has 1 aliphatic carbocycles. The monoisotopic (exact) mass is 218 g/mol. The minimum absolute atomic E-state index is 0.237. The molecule has 0 saturated heterocycles. The predicted molar refractivity (Wildman–Crippen MR) is 67.4 cm³/mol. The van der Waals surface area contributed by atoms with Crippen molar-refractivity contribution in [3.8, 4) is 0 Å². The van der Waals surface area contributed by atoms with E-state index in [1.54, 1.807) is 0 Å². The molecule has 1 aromatic carbocycles. The lowest BCUT2D eigenvalue weighted by molar-refractivity contribution is 0.111. The van der Waals surface area contributed by atoms with Crippen molar-refractivity contribution in [1.82, 2.24) is 0 Å². The molecule has 0 heterocycles. The summed E-state index contributed by atoms with van der Waals surface area (Å²) in [4.78, 5) is 0. The molecule has 1 aliphatic rings. The van der Waals surface area contributed by atoms with Crippen molar-refractivity contribution in [2.45, 2.75) is 51.6 Å². The molecule has 88 valence electrons. The fraction of sp³-hybridized carbons (Fsp3) is 0.600. The molecule has 0 aromatic heterocycles. The first kappa shape index (κ1) is 11.7. The summed E-state index contributed by atoms with van der Waals surface area (Å²) in [5, 5.41) is 10.3. The van der Waals surface area contributed by atoms with Gasteiger partial charge in [-0.2, -0.15) is 0 Å². The Labute approximate surface area is 98.5 Å². The summed E-state index contributed by atoms with van der Waals surface area (Å²) >= 11 is 0. The summed E-state index contributed by atoms with van der Waals surface area (Å²) in [6, 6.07) is 8.50. The number of benzene rings is 1. The van der Waals surface area contributed by atoms with E-state index in [2.05, 4.69) is 31.2 Å². The highest BCUT2D eigenvalue weighted by Gasteiger charge is 2.24. The van der Waals surface area contributed by atoms with Gasteiger partial charge in [-0.15, -0.1) is 0 Å². The first-order valence-corrected chi connectivity index (χ1v) is 6.58. The van der Waals surface area contributed by atoms with Crippen LogP contribution in [-0.2, 0) is 6.42 Å². The molecule has 1 unspecified atom stereocenters. The normalized spacial score (nSPS) is 18.9. The van der Waals surface area contributed by atoms with E-state index in [9.17, 15) is 5.11 Å². The second kappa shape index (κ2) is 5.49. The second-order valence-corrected chi connectivity index (χ2v) is 4.98. The Morgan fingerprint density at radius 3 is 2.75 bits per heavy atom. The summed E-state index contributed by atoms with van der Waals surface area (Å²) in [7, 11) is 0. The Balaban J connectivity index is 2.09. The van der Waals surface area contributed by atoms with Gasteiger partial charge in [0, 0.05) is 0 Å². The lowest BCUT2D eigenvalue weighted by Crippen LogP contribution is -2.09. The molecule has 0 aliphatic heterocycles. The van der Waals surface area contributed by atoms with Crippen molar-refractivity contribution >= 4 is 0 Å². The lowest BCUT2D eigenvalue weighted by Gasteiger charge is -2.18. The van der Waals surface area contributed by atoms with Crippen molar-refractivity contribution in [1.29, 1.82) is 0 Å². The fourth-order valence-electron chi connectivity index (χ4n) is 2.77. The van der Waals surface area contributed by atoms with Crippen LogP contribution in [0.5, 0.6) is 0 Å². The van der Waals surface area contributed by atoms with Crippen molar-refractivity contribution in [3.63, 3.8) is 0 Å². The van der Waals surface area contributed by atoms with E-state index >= 15 is 0 Å². The van der Waals surface area contributed by atoms with E-state index in [0.29, 0.717) is 5.92 Å². The molecular formula is C15H22O. The Morgan fingerprint density at radius 2 is 2.06 bits per heavy atom. The smallest absolute Gasteiger partial charge is 0.0818 e. The average Bonchev–Trinajstić information content (AvgIpc) is 2.82. The van der Waals surface area contributed by atoms with Crippen LogP contribution in [0.2, 0.25) is 0 Å². The van der Waals surface area contributed by atoms with Crippen LogP contribution in [0.1, 0.15) is 56.3 Å². The number of aliphatic hydroxyl groups is 1. The van der Waals surface area contributed by atoms with Crippen LogP contribution in [0.25, 0.3) is 0 Å². The van der Waals surface area contributed by atoms with Gasteiger partial charge in [-0.3, -0.25) is 0 Å². The Bertz CT molecular complexity index is 326. The Kier molecular flexibility index (Phi) is 4.00. The maximum atomic E-state index is 10.3. The molecule has 16 heavy (non-hydrogen) atoms. The third kappa shape index (κ3) is 2.65. The van der Waals surface area contributed by atoms with E-state index in [0.717, 1.165) is 12.0 Å². The summed E-state index contributed by atoms with van der Waals surface area (Å²) in [6.07, 6.45) is 7.01. The number of rotatable bonds is 4. The zero-order chi connectivity index (χ0) is 11.4. The lowest BCUT2D eigenvalue weighted by atomic mass is 9.93. The molecule has 1 saturated carbocycles. The number of aliphatic hydroxyl groups excluding tert-OH is 1. The number of aryl methyl sites for hydroxylation is 1. The van der Waals surface area contributed by atoms with Crippen LogP contribution < -0.4 is 0 Å². The molecule has 1 N–H and O–H groups in total. The van der Waals surface area contributed by atoms with Crippen molar-refractivity contribution in [2.24, 2.45) is 5.92 Å². The van der Waals surface area contributed by atoms with Gasteiger partial charge < -0.3 is 5.11 Å². The highest BCUT2D eigenvalue weighted by atomic mass is 16.3. The number of hydrogen-bond acceptors (Lipinski definition) is 1. The SMILES string of the molecule is CCCc1cccc(C(O)C2CCCC2)c1. The van der Waals surface area contributed by atoms with Crippen molar-refractivity contribution in [2.75, 3.05) is 0 Å². The van der Waals surface area contributed by atoms with Gasteiger partial charge in [0.05, 0.1) is 6.10 Å². The Morgan fingerprint density at radius 1 is 1.31 bits per heavy atom. The molecule has 0 spiro atoms. The molecule has 0 amide bonds. The van der Waals surface area contributed by atoms with Gasteiger partial charge in [-0.25, -0.2) is 0 Å². The van der Waals surface area contributed by atoms with Crippen LogP contribution in [0.3, 0.4) is 0 Å². The van der Waals surface area contributed by atoms with E-state index in [-0.39, 0.29) is 6.10 Å². The van der Waals surface area contributed by atoms with Gasteiger partial charge in [0.2, 0.25) is 0 Å². The third-order valence-electron chi connectivity index (χ3n) is 3.68. The molecule has 1 aromatic rings. The number of hydrogen-bond donors (Lipinski definition) is 1. The summed E-state index contributed by atoms with van der Waals surface area (Å²) in [5.74, 6) is 0.497. The van der Waals surface area contributed by atoms with Gasteiger partial charge >= 0.3 is 0 Å². The minimum Gasteiger partial charge on any atom is -0.388 e. The van der Waals surface area contributed by atoms with Crippen LogP contribution in [0.15, 0.2) is 24.3 Å². The molecular weight excluding hydrogens is 196 g/mol. The zero-order valence-corrected chi connectivity index (χ0v) is 10.2. The molecule has 0 radical (unpaired) electrons. The van der Waals surface area contributed by atoms with E-state index < -0.39 is 0 Å². The fourth-order valence-corrected chi connectivity index (χ4v) is 2.77. The zero-order valence-electron chi connectivity index (χ0n) is 10.2. The first-order chi connectivity index (χ1) is 7.81. The summed E-state index contributed by atoms with van der Waals surface area (Å²) < 4.78 is 0. The van der Waals surface area contributed by atoms with Gasteiger partial charge in [0.15, 0.2) is 0 Å². The summed E-state index contributed by atoms with van der Waals surface area (Å²) in [5.41, 5.74) is 2.48. The highest BCUT2D eigenvalue weighted by Crippen LogP contribution is 2.35. The molecule has 0 bridgehead atoms. The van der Waals surface area contributed by atoms with Crippen molar-refractivity contribution in [3.05, 3.63) is 35.4 Å². The average molecular weight is 218 g/mol. The molecule has 1 fully saturated rings. The van der Waals surface area contributed by atoms with Gasteiger partial charge in [0.1, 0.15) is 0 Å². The second-order valence-electron chi connectivity index (χ2n) is 4.98. The van der Waals surface area contributed by atoms with Crippen LogP contribution in [0, 0.1) is 5.92 Å². The predicted octanol–water partition coefficient (Wildman–Crippen LogP) is 3.86. The standard InChI is InChI=1S/C15H22O/c1-2-6-12-7-5-10-14(11-12)15(16)13-8-3-4-9-13/h5,7,10-11,13,15-16H,2-4,6,8-9H2,1H3. The van der Waals surface area contributed by atoms with Crippen LogP contribution in [-0.4, -0.2) is 5.11 Å². The first-order valence-electron chi connectivity index (χ1n) is 6.58. The molecule has 1 heteroatoms. The topological polar surface area (TPSA) is 20.2 Å². The van der Waals surface area contributed by atoms with E-state index in [4.69, 9.17) is 0 Å². The van der Waals surface area contributed by atoms with Crippen molar-refractivity contribution < 1.29 is 5.11 Å².